The van der Waals surface area contributed by atoms with Gasteiger partial charge in [0.25, 0.3) is 0 Å². The summed E-state index contributed by atoms with van der Waals surface area (Å²) < 4.78 is 0. The van der Waals surface area contributed by atoms with Gasteiger partial charge in [0.05, 0.1) is 11.3 Å². The molecule has 0 fully saturated rings. The maximum absolute atomic E-state index is 11.0. The van der Waals surface area contributed by atoms with Crippen molar-refractivity contribution in [3.63, 3.8) is 0 Å². The first-order valence-corrected chi connectivity index (χ1v) is 12.2. The molecule has 5 nitrogen and oxygen atoms in total. The van der Waals surface area contributed by atoms with E-state index in [2.05, 4.69) is 55.6 Å². The second kappa shape index (κ2) is 10.9. The highest BCUT2D eigenvalue weighted by atomic mass is 32.1. The third-order valence-electron chi connectivity index (χ3n) is 5.44. The summed E-state index contributed by atoms with van der Waals surface area (Å²) in [5.74, 6) is 0.671. The number of carboxylic acids is 1. The van der Waals surface area contributed by atoms with Crippen LogP contribution < -0.4 is 5.32 Å². The van der Waals surface area contributed by atoms with Crippen molar-refractivity contribution in [2.24, 2.45) is 0 Å². The van der Waals surface area contributed by atoms with Crippen LogP contribution in [0.5, 0.6) is 0 Å². The summed E-state index contributed by atoms with van der Waals surface area (Å²) >= 11 is 1.67. The second-order valence-electron chi connectivity index (χ2n) is 7.87. The monoisotopic (exact) mass is 469 g/mol. The molecule has 0 aliphatic rings. The minimum absolute atomic E-state index is 0.0115. The highest BCUT2D eigenvalue weighted by Crippen LogP contribution is 2.31. The van der Waals surface area contributed by atoms with E-state index in [0.717, 1.165) is 56.5 Å². The molecule has 0 atom stereocenters. The summed E-state index contributed by atoms with van der Waals surface area (Å²) in [6, 6.07) is 21.8. The number of carbonyl (C=O) groups is 1. The zero-order valence-electron chi connectivity index (χ0n) is 19.3. The van der Waals surface area contributed by atoms with Crippen molar-refractivity contribution in [3.8, 4) is 10.7 Å². The van der Waals surface area contributed by atoms with Gasteiger partial charge in [0.1, 0.15) is 5.82 Å². The van der Waals surface area contributed by atoms with Gasteiger partial charge in [-0.1, -0.05) is 62.4 Å². The van der Waals surface area contributed by atoms with Gasteiger partial charge in [0.15, 0.2) is 5.82 Å². The van der Waals surface area contributed by atoms with Gasteiger partial charge < -0.3 is 10.4 Å². The lowest BCUT2D eigenvalue weighted by Crippen LogP contribution is -2.07. The molecule has 2 N–H and O–H groups in total. The Balaban J connectivity index is 1.62. The summed E-state index contributed by atoms with van der Waals surface area (Å²) in [6.45, 7) is 4.22. The Morgan fingerprint density at radius 2 is 1.71 bits per heavy atom. The van der Waals surface area contributed by atoms with Crippen molar-refractivity contribution >= 4 is 41.0 Å². The number of hydrogen-bond acceptors (Lipinski definition) is 5. The van der Waals surface area contributed by atoms with Crippen LogP contribution in [-0.4, -0.2) is 21.0 Å². The number of anilines is 2. The van der Waals surface area contributed by atoms with Crippen molar-refractivity contribution in [2.45, 2.75) is 33.1 Å². The minimum atomic E-state index is -0.837. The summed E-state index contributed by atoms with van der Waals surface area (Å²) in [4.78, 5) is 22.9. The average Bonchev–Trinajstić information content (AvgIpc) is 3.33. The number of aromatic nitrogens is 2. The number of rotatable bonds is 9. The van der Waals surface area contributed by atoms with E-state index in [-0.39, 0.29) is 6.42 Å². The molecule has 172 valence electrons. The van der Waals surface area contributed by atoms with Gasteiger partial charge in [-0.05, 0) is 54.3 Å². The molecule has 0 spiro atoms. The maximum atomic E-state index is 11.0. The van der Waals surface area contributed by atoms with E-state index >= 15 is 0 Å². The van der Waals surface area contributed by atoms with Gasteiger partial charge >= 0.3 is 5.97 Å². The van der Waals surface area contributed by atoms with E-state index in [9.17, 15) is 4.79 Å². The Morgan fingerprint density at radius 3 is 2.38 bits per heavy atom. The third-order valence-corrected chi connectivity index (χ3v) is 6.49. The number of aliphatic carboxylic acids is 1. The number of aryl methyl sites for hydroxylation is 1. The molecule has 0 unspecified atom stereocenters. The number of benzene rings is 2. The van der Waals surface area contributed by atoms with Gasteiger partial charge in [-0.15, -0.1) is 11.3 Å². The van der Waals surface area contributed by atoms with Crippen LogP contribution in [0.3, 0.4) is 0 Å². The average molecular weight is 470 g/mol. The van der Waals surface area contributed by atoms with E-state index in [4.69, 9.17) is 15.1 Å². The Labute approximate surface area is 203 Å². The number of hydrogen-bond donors (Lipinski definition) is 2. The SMILES string of the molecule is CCc1nc(-c2ccc(/C=C/c3ccccc3)s2)nc(Nc2ccc(CC(=O)O)cc2)c1CC. The molecule has 0 radical (unpaired) electrons. The Hall–Kier alpha value is -3.77. The highest BCUT2D eigenvalue weighted by Gasteiger charge is 2.15. The minimum Gasteiger partial charge on any atom is -0.481 e. The van der Waals surface area contributed by atoms with E-state index in [1.54, 1.807) is 11.3 Å². The van der Waals surface area contributed by atoms with Crippen molar-refractivity contribution in [1.82, 2.24) is 9.97 Å². The molecule has 0 amide bonds. The Kier molecular flexibility index (Phi) is 7.50. The van der Waals surface area contributed by atoms with Crippen LogP contribution in [0.15, 0.2) is 66.7 Å². The van der Waals surface area contributed by atoms with E-state index in [1.807, 2.05) is 42.5 Å². The highest BCUT2D eigenvalue weighted by molar-refractivity contribution is 7.16. The molecule has 0 saturated heterocycles. The molecule has 0 saturated carbocycles. The van der Waals surface area contributed by atoms with Crippen LogP contribution in [0.4, 0.5) is 11.5 Å². The maximum Gasteiger partial charge on any atom is 0.307 e. The van der Waals surface area contributed by atoms with Crippen LogP contribution in [0.2, 0.25) is 0 Å². The molecule has 0 aliphatic heterocycles. The van der Waals surface area contributed by atoms with Gasteiger partial charge in [-0.2, -0.15) is 0 Å². The molecule has 6 heteroatoms. The zero-order valence-corrected chi connectivity index (χ0v) is 20.1. The molecule has 2 aromatic carbocycles. The molecule has 4 aromatic rings. The molecular weight excluding hydrogens is 442 g/mol. The fourth-order valence-electron chi connectivity index (χ4n) is 3.73. The quantitative estimate of drug-likeness (QED) is 0.280. The van der Waals surface area contributed by atoms with Gasteiger partial charge in [0, 0.05) is 21.8 Å². The molecule has 0 aliphatic carbocycles. The number of nitrogens with zero attached hydrogens (tertiary/aromatic N) is 2. The summed E-state index contributed by atoms with van der Waals surface area (Å²) in [6.07, 6.45) is 5.87. The van der Waals surface area contributed by atoms with E-state index < -0.39 is 5.97 Å². The first-order chi connectivity index (χ1) is 16.6. The van der Waals surface area contributed by atoms with Crippen molar-refractivity contribution < 1.29 is 9.90 Å². The van der Waals surface area contributed by atoms with Crippen LogP contribution >= 0.6 is 11.3 Å². The Morgan fingerprint density at radius 1 is 0.941 bits per heavy atom. The molecule has 2 heterocycles. The third kappa shape index (κ3) is 5.77. The summed E-state index contributed by atoms with van der Waals surface area (Å²) in [5, 5.41) is 12.4. The van der Waals surface area contributed by atoms with E-state index in [1.165, 1.54) is 0 Å². The number of nitrogens with one attached hydrogen (secondary N) is 1. The smallest absolute Gasteiger partial charge is 0.307 e. The van der Waals surface area contributed by atoms with Crippen molar-refractivity contribution in [2.75, 3.05) is 5.32 Å². The predicted molar refractivity (Wildman–Crippen MR) is 141 cm³/mol. The first-order valence-electron chi connectivity index (χ1n) is 11.4. The van der Waals surface area contributed by atoms with Crippen molar-refractivity contribution in [1.29, 1.82) is 0 Å². The molecular formula is C28H27N3O2S. The summed E-state index contributed by atoms with van der Waals surface area (Å²) in [7, 11) is 0. The van der Waals surface area contributed by atoms with Crippen molar-refractivity contribution in [3.05, 3.63) is 94.0 Å². The molecule has 2 aromatic heterocycles. The standard InChI is InChI=1S/C28H27N3O2S/c1-3-23-24(4-2)30-28(25-17-16-22(34-25)15-12-19-8-6-5-7-9-19)31-27(23)29-21-13-10-20(11-14-21)18-26(32)33/h5-17H,3-4,18H2,1-2H3,(H,32,33)(H,29,30,31)/b15-12+. The van der Waals surface area contributed by atoms with Crippen LogP contribution in [0, 0.1) is 0 Å². The lowest BCUT2D eigenvalue weighted by atomic mass is 10.1. The number of thiophene rings is 1. The molecule has 34 heavy (non-hydrogen) atoms. The Bertz CT molecular complexity index is 1300. The van der Waals surface area contributed by atoms with Gasteiger partial charge in [-0.3, -0.25) is 4.79 Å². The fourth-order valence-corrected chi connectivity index (χ4v) is 4.58. The lowest BCUT2D eigenvalue weighted by Gasteiger charge is -2.15. The van der Waals surface area contributed by atoms with Crippen LogP contribution in [0.1, 0.15) is 41.1 Å². The van der Waals surface area contributed by atoms with Gasteiger partial charge in [-0.25, -0.2) is 9.97 Å². The second-order valence-corrected chi connectivity index (χ2v) is 8.98. The lowest BCUT2D eigenvalue weighted by molar-refractivity contribution is -0.136. The molecule has 0 bridgehead atoms. The van der Waals surface area contributed by atoms with Gasteiger partial charge in [0.2, 0.25) is 0 Å². The topological polar surface area (TPSA) is 75.1 Å². The molecule has 4 rings (SSSR count). The predicted octanol–water partition coefficient (Wildman–Crippen LogP) is 6.87. The van der Waals surface area contributed by atoms with E-state index in [0.29, 0.717) is 5.82 Å². The largest absolute Gasteiger partial charge is 0.481 e. The first kappa shape index (κ1) is 23.4. The zero-order chi connectivity index (χ0) is 23.9. The summed E-state index contributed by atoms with van der Waals surface area (Å²) in [5.41, 5.74) is 4.93. The normalized spacial score (nSPS) is 11.1. The fraction of sp³-hybridized carbons (Fsp3) is 0.179. The van der Waals surface area contributed by atoms with Crippen LogP contribution in [0.25, 0.3) is 22.9 Å². The number of carboxylic acid groups (broad SMARTS) is 1. The van der Waals surface area contributed by atoms with Crippen LogP contribution in [-0.2, 0) is 24.1 Å².